The Bertz CT molecular complexity index is 1010. The average Bonchev–Trinajstić information content (AvgIpc) is 2.48. The summed E-state index contributed by atoms with van der Waals surface area (Å²) < 4.78 is 50.2. The van der Waals surface area contributed by atoms with Crippen LogP contribution in [0.25, 0.3) is 0 Å². The number of sulfonamides is 2. The Hall–Kier alpha value is -2.43. The molecule has 0 saturated heterocycles. The van der Waals surface area contributed by atoms with E-state index in [0.29, 0.717) is 11.3 Å². The molecule has 4 N–H and O–H groups in total. The first kappa shape index (κ1) is 18.9. The Morgan fingerprint density at radius 1 is 0.960 bits per heavy atom. The van der Waals surface area contributed by atoms with Gasteiger partial charge in [-0.15, -0.1) is 0 Å². The molecule has 10 heteroatoms. The second kappa shape index (κ2) is 6.82. The van der Waals surface area contributed by atoms with E-state index in [1.54, 1.807) is 6.92 Å². The number of carbonyl (C=O) groups excluding carboxylic acids is 1. The molecule has 2 aromatic rings. The first-order chi connectivity index (χ1) is 11.5. The SMILES string of the molecule is CC(=O)Nc1ccc(S(=O)(=O)Nc2ccc(C)c(S(N)(=O)=O)c2)cc1. The van der Waals surface area contributed by atoms with Crippen molar-refractivity contribution < 1.29 is 21.6 Å². The zero-order valence-electron chi connectivity index (χ0n) is 13.5. The minimum atomic E-state index is -3.97. The van der Waals surface area contributed by atoms with Gasteiger partial charge in [-0.1, -0.05) is 6.07 Å². The number of hydrogen-bond donors (Lipinski definition) is 3. The third-order valence-electron chi connectivity index (χ3n) is 3.23. The van der Waals surface area contributed by atoms with Gasteiger partial charge in [0.05, 0.1) is 15.5 Å². The number of nitrogens with two attached hydrogens (primary N) is 1. The predicted molar refractivity (Wildman–Crippen MR) is 94.1 cm³/mol. The second-order valence-electron chi connectivity index (χ2n) is 5.34. The first-order valence-electron chi connectivity index (χ1n) is 7.03. The van der Waals surface area contributed by atoms with Crippen LogP contribution in [0.5, 0.6) is 0 Å². The van der Waals surface area contributed by atoms with E-state index in [1.807, 2.05) is 0 Å². The molecule has 8 nitrogen and oxygen atoms in total. The molecule has 0 fully saturated rings. The maximum absolute atomic E-state index is 12.4. The van der Waals surface area contributed by atoms with E-state index in [-0.39, 0.29) is 21.4 Å². The number of benzene rings is 2. The van der Waals surface area contributed by atoms with Crippen LogP contribution < -0.4 is 15.2 Å². The summed E-state index contributed by atoms with van der Waals surface area (Å²) in [7, 11) is -7.90. The highest BCUT2D eigenvalue weighted by molar-refractivity contribution is 7.92. The van der Waals surface area contributed by atoms with Crippen LogP contribution in [-0.4, -0.2) is 22.7 Å². The molecule has 0 aromatic heterocycles. The summed E-state index contributed by atoms with van der Waals surface area (Å²) in [6.45, 7) is 2.89. The molecule has 0 saturated carbocycles. The van der Waals surface area contributed by atoms with Crippen LogP contribution in [0.4, 0.5) is 11.4 Å². The molecule has 0 heterocycles. The summed E-state index contributed by atoms with van der Waals surface area (Å²) in [5.74, 6) is -0.274. The standard InChI is InChI=1S/C15H17N3O5S2/c1-10-3-4-13(9-15(10)24(16,20)21)18-25(22,23)14-7-5-12(6-8-14)17-11(2)19/h3-9,18H,1-2H3,(H,17,19)(H2,16,20,21). The zero-order valence-corrected chi connectivity index (χ0v) is 15.1. The van der Waals surface area contributed by atoms with Gasteiger partial charge in [0.15, 0.2) is 0 Å². The van der Waals surface area contributed by atoms with Crippen LogP contribution in [0.2, 0.25) is 0 Å². The second-order valence-corrected chi connectivity index (χ2v) is 8.55. The summed E-state index contributed by atoms with van der Waals surface area (Å²) >= 11 is 0. The van der Waals surface area contributed by atoms with Crippen molar-refractivity contribution in [1.29, 1.82) is 0 Å². The molecule has 0 aliphatic rings. The first-order valence-corrected chi connectivity index (χ1v) is 10.1. The van der Waals surface area contributed by atoms with Gasteiger partial charge in [0.2, 0.25) is 15.9 Å². The number of nitrogens with one attached hydrogen (secondary N) is 2. The van der Waals surface area contributed by atoms with Crippen LogP contribution in [0, 0.1) is 6.92 Å². The van der Waals surface area contributed by atoms with Gasteiger partial charge in [-0.2, -0.15) is 0 Å². The van der Waals surface area contributed by atoms with Gasteiger partial charge in [0.1, 0.15) is 0 Å². The van der Waals surface area contributed by atoms with E-state index in [4.69, 9.17) is 5.14 Å². The van der Waals surface area contributed by atoms with Crippen molar-refractivity contribution in [3.05, 3.63) is 48.0 Å². The van der Waals surface area contributed by atoms with Crippen LogP contribution in [0.15, 0.2) is 52.3 Å². The van der Waals surface area contributed by atoms with Crippen LogP contribution >= 0.6 is 0 Å². The van der Waals surface area contributed by atoms with Gasteiger partial charge in [0.25, 0.3) is 10.0 Å². The van der Waals surface area contributed by atoms with Gasteiger partial charge >= 0.3 is 0 Å². The lowest BCUT2D eigenvalue weighted by Crippen LogP contribution is -2.16. The molecular formula is C15H17N3O5S2. The highest BCUT2D eigenvalue weighted by atomic mass is 32.2. The number of aryl methyl sites for hydroxylation is 1. The van der Waals surface area contributed by atoms with E-state index >= 15 is 0 Å². The molecular weight excluding hydrogens is 366 g/mol. The van der Waals surface area contributed by atoms with E-state index in [9.17, 15) is 21.6 Å². The molecule has 0 atom stereocenters. The minimum absolute atomic E-state index is 0.0423. The van der Waals surface area contributed by atoms with Crippen LogP contribution in [0.1, 0.15) is 12.5 Å². The summed E-state index contributed by atoms with van der Waals surface area (Å²) in [6, 6.07) is 9.59. The Kier molecular flexibility index (Phi) is 5.16. The Balaban J connectivity index is 2.31. The van der Waals surface area contributed by atoms with Crippen molar-refractivity contribution in [1.82, 2.24) is 0 Å². The van der Waals surface area contributed by atoms with Gasteiger partial charge in [-0.05, 0) is 48.9 Å². The molecule has 0 spiro atoms. The predicted octanol–water partition coefficient (Wildman–Crippen LogP) is 1.40. The number of primary sulfonamides is 1. The average molecular weight is 383 g/mol. The fraction of sp³-hybridized carbons (Fsp3) is 0.133. The van der Waals surface area contributed by atoms with Crippen molar-refractivity contribution in [2.24, 2.45) is 5.14 Å². The third-order valence-corrected chi connectivity index (χ3v) is 5.68. The van der Waals surface area contributed by atoms with E-state index in [1.165, 1.54) is 43.3 Å². The van der Waals surface area contributed by atoms with E-state index in [0.717, 1.165) is 6.07 Å². The van der Waals surface area contributed by atoms with Gasteiger partial charge in [-0.25, -0.2) is 22.0 Å². The summed E-state index contributed by atoms with van der Waals surface area (Å²) in [6.07, 6.45) is 0. The lowest BCUT2D eigenvalue weighted by Gasteiger charge is -2.11. The van der Waals surface area contributed by atoms with Gasteiger partial charge in [0, 0.05) is 12.6 Å². The van der Waals surface area contributed by atoms with Crippen molar-refractivity contribution in [3.63, 3.8) is 0 Å². The molecule has 0 bridgehead atoms. The molecule has 2 rings (SSSR count). The largest absolute Gasteiger partial charge is 0.326 e. The molecule has 0 aliphatic carbocycles. The Labute approximate surface area is 146 Å². The maximum Gasteiger partial charge on any atom is 0.261 e. The topological polar surface area (TPSA) is 135 Å². The lowest BCUT2D eigenvalue weighted by atomic mass is 10.2. The fourth-order valence-electron chi connectivity index (χ4n) is 2.10. The molecule has 2 aromatic carbocycles. The minimum Gasteiger partial charge on any atom is -0.326 e. The van der Waals surface area contributed by atoms with E-state index < -0.39 is 20.0 Å². The van der Waals surface area contributed by atoms with Crippen molar-refractivity contribution >= 4 is 37.3 Å². The van der Waals surface area contributed by atoms with Crippen LogP contribution in [0.3, 0.4) is 0 Å². The lowest BCUT2D eigenvalue weighted by molar-refractivity contribution is -0.114. The molecule has 0 unspecified atom stereocenters. The van der Waals surface area contributed by atoms with Gasteiger partial charge < -0.3 is 5.32 Å². The molecule has 0 aliphatic heterocycles. The summed E-state index contributed by atoms with van der Waals surface area (Å²) in [4.78, 5) is 10.8. The van der Waals surface area contributed by atoms with Crippen molar-refractivity contribution in [3.8, 4) is 0 Å². The highest BCUT2D eigenvalue weighted by Crippen LogP contribution is 2.22. The normalized spacial score (nSPS) is 11.8. The third kappa shape index (κ3) is 4.78. The van der Waals surface area contributed by atoms with Crippen molar-refractivity contribution in [2.45, 2.75) is 23.6 Å². The Morgan fingerprint density at radius 3 is 2.04 bits per heavy atom. The molecule has 1 amide bonds. The number of carbonyl (C=O) groups is 1. The smallest absolute Gasteiger partial charge is 0.261 e. The zero-order chi connectivity index (χ0) is 18.8. The number of anilines is 2. The monoisotopic (exact) mass is 383 g/mol. The quantitative estimate of drug-likeness (QED) is 0.717. The van der Waals surface area contributed by atoms with Crippen molar-refractivity contribution in [2.75, 3.05) is 10.0 Å². The summed E-state index contributed by atoms with van der Waals surface area (Å²) in [5.41, 5.74) is 0.934. The fourth-order valence-corrected chi connectivity index (χ4v) is 3.96. The van der Waals surface area contributed by atoms with Crippen LogP contribution in [-0.2, 0) is 24.8 Å². The van der Waals surface area contributed by atoms with E-state index in [2.05, 4.69) is 10.0 Å². The number of hydrogen-bond acceptors (Lipinski definition) is 5. The maximum atomic E-state index is 12.4. The number of rotatable bonds is 5. The highest BCUT2D eigenvalue weighted by Gasteiger charge is 2.17. The Morgan fingerprint density at radius 2 is 1.52 bits per heavy atom. The molecule has 25 heavy (non-hydrogen) atoms. The molecule has 134 valence electrons. The molecule has 0 radical (unpaired) electrons. The number of amides is 1. The summed E-state index contributed by atoms with van der Waals surface area (Å²) in [5, 5.41) is 7.65. The van der Waals surface area contributed by atoms with Gasteiger partial charge in [-0.3, -0.25) is 9.52 Å².